The van der Waals surface area contributed by atoms with Gasteiger partial charge in [-0.25, -0.2) is 0 Å². The monoisotopic (exact) mass is 285 g/mol. The lowest BCUT2D eigenvalue weighted by Gasteiger charge is -2.41. The van der Waals surface area contributed by atoms with Crippen LogP contribution in [0.5, 0.6) is 0 Å². The van der Waals surface area contributed by atoms with Crippen LogP contribution in [0.4, 0.5) is 0 Å². The molecule has 0 aromatic rings. The Morgan fingerprint density at radius 1 is 1.00 bits per heavy atom. The Labute approximate surface area is 125 Å². The minimum Gasteiger partial charge on any atom is -0.383 e. The predicted octanol–water partition coefficient (Wildman–Crippen LogP) is 1.66. The Kier molecular flexibility index (Phi) is 8.69. The van der Waals surface area contributed by atoms with Crippen LogP contribution in [0.3, 0.4) is 0 Å². The van der Waals surface area contributed by atoms with Crippen LogP contribution in [0.25, 0.3) is 0 Å². The molecule has 20 heavy (non-hydrogen) atoms. The Morgan fingerprint density at radius 2 is 1.60 bits per heavy atom. The van der Waals surface area contributed by atoms with Crippen molar-refractivity contribution in [3.63, 3.8) is 0 Å². The summed E-state index contributed by atoms with van der Waals surface area (Å²) in [6.45, 7) is 16.8. The number of nitrogens with zero attached hydrogens (tertiary/aromatic N) is 2. The molecular weight excluding hydrogens is 250 g/mol. The van der Waals surface area contributed by atoms with Crippen molar-refractivity contribution in [1.82, 2.24) is 15.1 Å². The summed E-state index contributed by atoms with van der Waals surface area (Å²) in [6, 6.07) is 1.23. The summed E-state index contributed by atoms with van der Waals surface area (Å²) < 4.78 is 5.41. The lowest BCUT2D eigenvalue weighted by molar-refractivity contribution is 0.0373. The van der Waals surface area contributed by atoms with Crippen LogP contribution in [-0.4, -0.2) is 74.9 Å². The van der Waals surface area contributed by atoms with Crippen LogP contribution in [0.1, 0.15) is 34.1 Å². The molecule has 0 saturated carbocycles. The number of ether oxygens (including phenoxy) is 1. The van der Waals surface area contributed by atoms with E-state index in [1.54, 1.807) is 0 Å². The molecule has 1 aliphatic heterocycles. The van der Waals surface area contributed by atoms with Crippen molar-refractivity contribution in [1.29, 1.82) is 0 Å². The molecule has 1 saturated heterocycles. The van der Waals surface area contributed by atoms with Gasteiger partial charge in [-0.15, -0.1) is 0 Å². The molecule has 2 atom stereocenters. The van der Waals surface area contributed by atoms with Crippen LogP contribution < -0.4 is 5.32 Å². The molecule has 0 amide bonds. The lowest BCUT2D eigenvalue weighted by atomic mass is 10.1. The molecule has 1 aliphatic rings. The number of nitrogens with one attached hydrogen (secondary N) is 1. The van der Waals surface area contributed by atoms with E-state index in [4.69, 9.17) is 4.74 Å². The number of hydrogen-bond acceptors (Lipinski definition) is 4. The highest BCUT2D eigenvalue weighted by Gasteiger charge is 2.25. The summed E-state index contributed by atoms with van der Waals surface area (Å²) >= 11 is 0. The Balaban J connectivity index is 2.37. The van der Waals surface area contributed by atoms with Gasteiger partial charge in [0.1, 0.15) is 0 Å². The number of methoxy groups -OCH3 is 1. The zero-order valence-corrected chi connectivity index (χ0v) is 14.2. The summed E-state index contributed by atoms with van der Waals surface area (Å²) in [7, 11) is 1.81. The zero-order chi connectivity index (χ0) is 15.0. The van der Waals surface area contributed by atoms with Crippen molar-refractivity contribution >= 4 is 0 Å². The molecule has 1 N–H and O–H groups in total. The largest absolute Gasteiger partial charge is 0.383 e. The van der Waals surface area contributed by atoms with E-state index in [0.717, 1.165) is 25.7 Å². The second kappa shape index (κ2) is 9.72. The lowest BCUT2D eigenvalue weighted by Crippen LogP contribution is -2.55. The molecule has 0 bridgehead atoms. The van der Waals surface area contributed by atoms with Crippen LogP contribution in [-0.2, 0) is 4.74 Å². The normalized spacial score (nSPS) is 21.3. The summed E-state index contributed by atoms with van der Waals surface area (Å²) in [6.07, 6.45) is 1.25. The minimum atomic E-state index is 0.512. The topological polar surface area (TPSA) is 27.7 Å². The highest BCUT2D eigenvalue weighted by Crippen LogP contribution is 2.11. The highest BCUT2D eigenvalue weighted by molar-refractivity contribution is 4.81. The average Bonchev–Trinajstić information content (AvgIpc) is 2.45. The molecule has 0 aromatic carbocycles. The molecule has 0 aromatic heterocycles. The molecule has 0 radical (unpaired) electrons. The predicted molar refractivity (Wildman–Crippen MR) is 86.3 cm³/mol. The van der Waals surface area contributed by atoms with Gasteiger partial charge in [0.25, 0.3) is 0 Å². The Morgan fingerprint density at radius 3 is 2.10 bits per heavy atom. The van der Waals surface area contributed by atoms with Gasteiger partial charge in [-0.2, -0.15) is 0 Å². The number of rotatable bonds is 9. The van der Waals surface area contributed by atoms with E-state index >= 15 is 0 Å². The molecule has 4 heteroatoms. The van der Waals surface area contributed by atoms with Gasteiger partial charge >= 0.3 is 0 Å². The molecule has 1 fully saturated rings. The van der Waals surface area contributed by atoms with Gasteiger partial charge in [-0.05, 0) is 25.8 Å². The van der Waals surface area contributed by atoms with E-state index < -0.39 is 0 Å². The molecule has 1 rings (SSSR count). The van der Waals surface area contributed by atoms with E-state index in [1.807, 2.05) is 7.11 Å². The third kappa shape index (κ3) is 6.08. The first-order chi connectivity index (χ1) is 9.58. The molecule has 4 nitrogen and oxygen atoms in total. The average molecular weight is 285 g/mol. The van der Waals surface area contributed by atoms with Gasteiger partial charge in [-0.3, -0.25) is 9.80 Å². The highest BCUT2D eigenvalue weighted by atomic mass is 16.5. The van der Waals surface area contributed by atoms with E-state index in [-0.39, 0.29) is 0 Å². The quantitative estimate of drug-likeness (QED) is 0.697. The molecular formula is C16H35N3O. The van der Waals surface area contributed by atoms with Gasteiger partial charge < -0.3 is 10.1 Å². The Bertz CT molecular complexity index is 240. The fourth-order valence-electron chi connectivity index (χ4n) is 2.83. The molecule has 2 unspecified atom stereocenters. The van der Waals surface area contributed by atoms with Crippen molar-refractivity contribution in [2.45, 2.75) is 46.2 Å². The second-order valence-electron chi connectivity index (χ2n) is 6.49. The smallest absolute Gasteiger partial charge is 0.0630 e. The van der Waals surface area contributed by atoms with Crippen LogP contribution in [0.2, 0.25) is 0 Å². The van der Waals surface area contributed by atoms with Gasteiger partial charge in [0.15, 0.2) is 0 Å². The van der Waals surface area contributed by atoms with E-state index in [9.17, 15) is 0 Å². The van der Waals surface area contributed by atoms with Crippen LogP contribution in [0, 0.1) is 5.92 Å². The van der Waals surface area contributed by atoms with Gasteiger partial charge in [-0.1, -0.05) is 20.8 Å². The fraction of sp³-hybridized carbons (Fsp3) is 1.00. The van der Waals surface area contributed by atoms with E-state index in [0.29, 0.717) is 12.0 Å². The van der Waals surface area contributed by atoms with Crippen LogP contribution in [0.15, 0.2) is 0 Å². The third-order valence-electron chi connectivity index (χ3n) is 4.37. The summed E-state index contributed by atoms with van der Waals surface area (Å²) in [5.74, 6) is 0.709. The Hall–Kier alpha value is -0.160. The molecule has 120 valence electrons. The van der Waals surface area contributed by atoms with Crippen molar-refractivity contribution in [2.75, 3.05) is 53.0 Å². The molecule has 0 aliphatic carbocycles. The third-order valence-corrected chi connectivity index (χ3v) is 4.37. The summed E-state index contributed by atoms with van der Waals surface area (Å²) in [4.78, 5) is 5.21. The summed E-state index contributed by atoms with van der Waals surface area (Å²) in [5.41, 5.74) is 0. The first-order valence-electron chi connectivity index (χ1n) is 8.26. The number of hydrogen-bond donors (Lipinski definition) is 1. The van der Waals surface area contributed by atoms with Crippen molar-refractivity contribution in [3.8, 4) is 0 Å². The second-order valence-corrected chi connectivity index (χ2v) is 6.49. The van der Waals surface area contributed by atoms with E-state index in [2.05, 4.69) is 42.8 Å². The van der Waals surface area contributed by atoms with Crippen molar-refractivity contribution < 1.29 is 4.74 Å². The van der Waals surface area contributed by atoms with E-state index in [1.165, 1.54) is 32.6 Å². The zero-order valence-electron chi connectivity index (χ0n) is 14.2. The van der Waals surface area contributed by atoms with Crippen molar-refractivity contribution in [2.24, 2.45) is 5.92 Å². The molecule has 0 spiro atoms. The summed E-state index contributed by atoms with van der Waals surface area (Å²) in [5, 5.41) is 3.58. The first-order valence-corrected chi connectivity index (χ1v) is 8.26. The maximum absolute atomic E-state index is 5.41. The van der Waals surface area contributed by atoms with Crippen LogP contribution >= 0.6 is 0 Å². The first kappa shape index (κ1) is 17.9. The molecule has 1 heterocycles. The number of piperazine rings is 1. The van der Waals surface area contributed by atoms with Gasteiger partial charge in [0.05, 0.1) is 6.61 Å². The van der Waals surface area contributed by atoms with Gasteiger partial charge in [0, 0.05) is 51.9 Å². The standard InChI is InChI=1S/C16H35N3O/c1-6-15(4)18-7-9-19(10-8-18)16(13-20-5)12-17-11-14(2)3/h14-17H,6-13H2,1-5H3. The maximum atomic E-state index is 5.41. The SMILES string of the molecule is CCC(C)N1CCN(C(CNCC(C)C)COC)CC1. The maximum Gasteiger partial charge on any atom is 0.0630 e. The van der Waals surface area contributed by atoms with Crippen molar-refractivity contribution in [3.05, 3.63) is 0 Å². The van der Waals surface area contributed by atoms with Gasteiger partial charge in [0.2, 0.25) is 0 Å². The fourth-order valence-corrected chi connectivity index (χ4v) is 2.83. The minimum absolute atomic E-state index is 0.512.